The molecule has 0 aliphatic heterocycles. The van der Waals surface area contributed by atoms with Gasteiger partial charge in [0.15, 0.2) is 5.69 Å². The first kappa shape index (κ1) is 16.6. The first-order valence-electron chi connectivity index (χ1n) is 6.86. The highest BCUT2D eigenvalue weighted by atomic mass is 32.2. The van der Waals surface area contributed by atoms with Crippen molar-refractivity contribution in [3.05, 3.63) is 24.0 Å². The molecule has 1 aromatic heterocycles. The minimum atomic E-state index is -3.68. The molecule has 0 radical (unpaired) electrons. The lowest BCUT2D eigenvalue weighted by Gasteiger charge is -2.27. The Morgan fingerprint density at radius 2 is 2.15 bits per heavy atom. The Morgan fingerprint density at radius 1 is 1.45 bits per heavy atom. The lowest BCUT2D eigenvalue weighted by Crippen LogP contribution is -2.39. The van der Waals surface area contributed by atoms with E-state index in [1.54, 1.807) is 6.07 Å². The standard InChI is InChI=1S/C14H21N3O2S/c1-4-6-10-17(12(3)5-2)20(18,19)14-8-7-9-16-13(14)11-15/h7-9,12H,4-6,10H2,1-3H3. The highest BCUT2D eigenvalue weighted by Gasteiger charge is 2.30. The summed E-state index contributed by atoms with van der Waals surface area (Å²) in [6.07, 6.45) is 3.87. The molecule has 6 heteroatoms. The third-order valence-electron chi connectivity index (χ3n) is 3.28. The third-order valence-corrected chi connectivity index (χ3v) is 5.32. The first-order valence-corrected chi connectivity index (χ1v) is 8.30. The molecular formula is C14H21N3O2S. The Balaban J connectivity index is 3.26. The lowest BCUT2D eigenvalue weighted by molar-refractivity contribution is 0.324. The molecule has 0 fully saturated rings. The van der Waals surface area contributed by atoms with E-state index in [2.05, 4.69) is 4.98 Å². The number of hydrogen-bond donors (Lipinski definition) is 0. The number of nitrogens with zero attached hydrogens (tertiary/aromatic N) is 3. The minimum absolute atomic E-state index is 0.00102. The molecule has 0 saturated heterocycles. The van der Waals surface area contributed by atoms with E-state index in [1.807, 2.05) is 26.8 Å². The number of rotatable bonds is 7. The van der Waals surface area contributed by atoms with Crippen molar-refractivity contribution < 1.29 is 8.42 Å². The Labute approximate surface area is 121 Å². The Morgan fingerprint density at radius 3 is 2.70 bits per heavy atom. The summed E-state index contributed by atoms with van der Waals surface area (Å²) in [5.41, 5.74) is -0.0442. The van der Waals surface area contributed by atoms with Crippen LogP contribution in [0.1, 0.15) is 45.7 Å². The van der Waals surface area contributed by atoms with Crippen LogP contribution in [0.25, 0.3) is 0 Å². The van der Waals surface area contributed by atoms with E-state index in [1.165, 1.54) is 16.6 Å². The fourth-order valence-electron chi connectivity index (χ4n) is 1.90. The van der Waals surface area contributed by atoms with Gasteiger partial charge in [0.25, 0.3) is 0 Å². The molecule has 1 heterocycles. The average molecular weight is 295 g/mol. The molecule has 0 saturated carbocycles. The number of nitriles is 1. The predicted molar refractivity (Wildman–Crippen MR) is 77.5 cm³/mol. The molecule has 1 aromatic rings. The van der Waals surface area contributed by atoms with Crippen molar-refractivity contribution in [2.75, 3.05) is 6.54 Å². The number of pyridine rings is 1. The monoisotopic (exact) mass is 295 g/mol. The highest BCUT2D eigenvalue weighted by Crippen LogP contribution is 2.22. The van der Waals surface area contributed by atoms with E-state index >= 15 is 0 Å². The van der Waals surface area contributed by atoms with Crippen LogP contribution in [0, 0.1) is 11.3 Å². The maximum Gasteiger partial charge on any atom is 0.246 e. The van der Waals surface area contributed by atoms with Gasteiger partial charge in [-0.25, -0.2) is 13.4 Å². The van der Waals surface area contributed by atoms with Gasteiger partial charge in [0.2, 0.25) is 10.0 Å². The van der Waals surface area contributed by atoms with E-state index < -0.39 is 10.0 Å². The number of hydrogen-bond acceptors (Lipinski definition) is 4. The van der Waals surface area contributed by atoms with Crippen LogP contribution in [0.5, 0.6) is 0 Å². The molecule has 0 amide bonds. The number of aromatic nitrogens is 1. The molecule has 1 unspecified atom stereocenters. The molecule has 0 aliphatic rings. The van der Waals surface area contributed by atoms with Crippen LogP contribution in [0.4, 0.5) is 0 Å². The normalized spacial score (nSPS) is 13.2. The van der Waals surface area contributed by atoms with Crippen LogP contribution >= 0.6 is 0 Å². The van der Waals surface area contributed by atoms with Crippen molar-refractivity contribution in [2.24, 2.45) is 0 Å². The molecule has 0 spiro atoms. The molecule has 20 heavy (non-hydrogen) atoms. The summed E-state index contributed by atoms with van der Waals surface area (Å²) in [6.45, 7) is 6.32. The summed E-state index contributed by atoms with van der Waals surface area (Å²) < 4.78 is 27.0. The maximum absolute atomic E-state index is 12.8. The Hall–Kier alpha value is -1.45. The van der Waals surface area contributed by atoms with Crippen LogP contribution in [0.2, 0.25) is 0 Å². The summed E-state index contributed by atoms with van der Waals surface area (Å²) in [7, 11) is -3.68. The van der Waals surface area contributed by atoms with Gasteiger partial charge in [0.1, 0.15) is 11.0 Å². The predicted octanol–water partition coefficient (Wildman–Crippen LogP) is 2.54. The van der Waals surface area contributed by atoms with Crippen molar-refractivity contribution in [3.8, 4) is 6.07 Å². The van der Waals surface area contributed by atoms with Crippen LogP contribution in [-0.2, 0) is 10.0 Å². The van der Waals surface area contributed by atoms with Gasteiger partial charge in [-0.3, -0.25) is 0 Å². The SMILES string of the molecule is CCCCN(C(C)CC)S(=O)(=O)c1cccnc1C#N. The maximum atomic E-state index is 12.8. The molecule has 1 atom stereocenters. The van der Waals surface area contributed by atoms with E-state index in [0.29, 0.717) is 6.54 Å². The number of sulfonamides is 1. The van der Waals surface area contributed by atoms with Gasteiger partial charge in [-0.1, -0.05) is 20.3 Å². The average Bonchev–Trinajstić information content (AvgIpc) is 2.46. The number of unbranched alkanes of at least 4 members (excludes halogenated alkanes) is 1. The van der Waals surface area contributed by atoms with Crippen molar-refractivity contribution >= 4 is 10.0 Å². The summed E-state index contributed by atoms with van der Waals surface area (Å²) in [5, 5.41) is 9.04. The van der Waals surface area contributed by atoms with Crippen molar-refractivity contribution in [1.29, 1.82) is 5.26 Å². The molecular weight excluding hydrogens is 274 g/mol. The quantitative estimate of drug-likeness (QED) is 0.774. The topological polar surface area (TPSA) is 74.1 Å². The van der Waals surface area contributed by atoms with E-state index in [0.717, 1.165) is 19.3 Å². The van der Waals surface area contributed by atoms with Gasteiger partial charge >= 0.3 is 0 Å². The zero-order chi connectivity index (χ0) is 15.2. The first-order chi connectivity index (χ1) is 9.48. The molecule has 5 nitrogen and oxygen atoms in total. The molecule has 0 bridgehead atoms. The lowest BCUT2D eigenvalue weighted by atomic mass is 10.2. The highest BCUT2D eigenvalue weighted by molar-refractivity contribution is 7.89. The van der Waals surface area contributed by atoms with Crippen LogP contribution in [0.15, 0.2) is 23.2 Å². The van der Waals surface area contributed by atoms with Crippen molar-refractivity contribution in [1.82, 2.24) is 9.29 Å². The van der Waals surface area contributed by atoms with Gasteiger partial charge in [-0.15, -0.1) is 0 Å². The largest absolute Gasteiger partial charge is 0.246 e. The van der Waals surface area contributed by atoms with Crippen LogP contribution in [0.3, 0.4) is 0 Å². The van der Waals surface area contributed by atoms with E-state index in [4.69, 9.17) is 5.26 Å². The molecule has 1 rings (SSSR count). The van der Waals surface area contributed by atoms with Crippen LogP contribution in [-0.4, -0.2) is 30.3 Å². The van der Waals surface area contributed by atoms with Gasteiger partial charge < -0.3 is 0 Å². The summed E-state index contributed by atoms with van der Waals surface area (Å²) in [4.78, 5) is 3.84. The zero-order valence-electron chi connectivity index (χ0n) is 12.2. The molecule has 0 aliphatic carbocycles. The summed E-state index contributed by atoms with van der Waals surface area (Å²) in [6, 6.07) is 4.74. The van der Waals surface area contributed by atoms with Gasteiger partial charge in [-0.05, 0) is 31.9 Å². The second-order valence-electron chi connectivity index (χ2n) is 4.69. The fraction of sp³-hybridized carbons (Fsp3) is 0.571. The molecule has 0 aromatic carbocycles. The van der Waals surface area contributed by atoms with E-state index in [9.17, 15) is 8.42 Å². The summed E-state index contributed by atoms with van der Waals surface area (Å²) >= 11 is 0. The van der Waals surface area contributed by atoms with Crippen molar-refractivity contribution in [2.45, 2.75) is 51.0 Å². The van der Waals surface area contributed by atoms with Gasteiger partial charge in [0, 0.05) is 18.8 Å². The van der Waals surface area contributed by atoms with Gasteiger partial charge in [-0.2, -0.15) is 9.57 Å². The fourth-order valence-corrected chi connectivity index (χ4v) is 3.74. The summed E-state index contributed by atoms with van der Waals surface area (Å²) in [5.74, 6) is 0. The second-order valence-corrected chi connectivity index (χ2v) is 6.55. The Bertz CT molecular complexity index is 578. The second kappa shape index (κ2) is 7.36. The Kier molecular flexibility index (Phi) is 6.11. The van der Waals surface area contributed by atoms with Gasteiger partial charge in [0.05, 0.1) is 0 Å². The molecule has 110 valence electrons. The smallest absolute Gasteiger partial charge is 0.244 e. The van der Waals surface area contributed by atoms with Crippen LogP contribution < -0.4 is 0 Å². The van der Waals surface area contributed by atoms with Crippen molar-refractivity contribution in [3.63, 3.8) is 0 Å². The molecule has 0 N–H and O–H groups in total. The minimum Gasteiger partial charge on any atom is -0.244 e. The van der Waals surface area contributed by atoms with E-state index in [-0.39, 0.29) is 16.6 Å². The third kappa shape index (κ3) is 3.56. The zero-order valence-corrected chi connectivity index (χ0v) is 13.0.